The van der Waals surface area contributed by atoms with E-state index in [1.807, 2.05) is 24.3 Å². The predicted octanol–water partition coefficient (Wildman–Crippen LogP) is 4.61. The van der Waals surface area contributed by atoms with Crippen molar-refractivity contribution in [3.63, 3.8) is 0 Å². The highest BCUT2D eigenvalue weighted by atomic mass is 35.5. The number of benzene rings is 1. The normalized spacial score (nSPS) is 12.2. The quantitative estimate of drug-likeness (QED) is 0.708. The van der Waals surface area contributed by atoms with Crippen LogP contribution in [0.25, 0.3) is 0 Å². The predicted molar refractivity (Wildman–Crippen MR) is 86.1 cm³/mol. The van der Waals surface area contributed by atoms with E-state index in [2.05, 4.69) is 19.2 Å². The van der Waals surface area contributed by atoms with Gasteiger partial charge in [-0.15, -0.1) is 0 Å². The van der Waals surface area contributed by atoms with Crippen LogP contribution in [0.1, 0.15) is 51.5 Å². The molecule has 0 aromatic heterocycles. The van der Waals surface area contributed by atoms with Gasteiger partial charge >= 0.3 is 0 Å². The number of hydrogen-bond donors (Lipinski definition) is 1. The van der Waals surface area contributed by atoms with E-state index in [0.717, 1.165) is 30.0 Å². The van der Waals surface area contributed by atoms with E-state index in [-0.39, 0.29) is 5.91 Å². The molecule has 1 atom stereocenters. The van der Waals surface area contributed by atoms with Gasteiger partial charge in [-0.2, -0.15) is 0 Å². The summed E-state index contributed by atoms with van der Waals surface area (Å²) in [5, 5.41) is 3.79. The van der Waals surface area contributed by atoms with Gasteiger partial charge < -0.3 is 5.32 Å². The molecule has 0 aliphatic carbocycles. The molecule has 0 spiro atoms. The fourth-order valence-corrected chi connectivity index (χ4v) is 2.45. The zero-order valence-corrected chi connectivity index (χ0v) is 13.4. The smallest absolute Gasteiger partial charge is 0.220 e. The van der Waals surface area contributed by atoms with Gasteiger partial charge in [-0.05, 0) is 36.5 Å². The third-order valence-corrected chi connectivity index (χ3v) is 3.90. The van der Waals surface area contributed by atoms with Crippen LogP contribution in [0.4, 0.5) is 0 Å². The van der Waals surface area contributed by atoms with Crippen LogP contribution >= 0.6 is 11.6 Å². The van der Waals surface area contributed by atoms with Crippen molar-refractivity contribution in [3.05, 3.63) is 34.9 Å². The lowest BCUT2D eigenvalue weighted by molar-refractivity contribution is -0.121. The summed E-state index contributed by atoms with van der Waals surface area (Å²) in [7, 11) is 0. The molecule has 20 heavy (non-hydrogen) atoms. The van der Waals surface area contributed by atoms with Gasteiger partial charge in [0.1, 0.15) is 0 Å². The number of carbonyl (C=O) groups is 1. The Morgan fingerprint density at radius 3 is 2.80 bits per heavy atom. The molecule has 0 saturated heterocycles. The standard InChI is InChI=1S/C17H26ClNO/c1-3-5-7-14(4-2)13-19-17(20)11-10-15-8-6-9-16(18)12-15/h6,8-9,12,14H,3-5,7,10-11,13H2,1-2H3,(H,19,20). The average molecular weight is 296 g/mol. The van der Waals surface area contributed by atoms with E-state index in [1.54, 1.807) is 0 Å². The molecule has 0 heterocycles. The first-order chi connectivity index (χ1) is 9.65. The number of rotatable bonds is 9. The van der Waals surface area contributed by atoms with Gasteiger partial charge in [0.2, 0.25) is 5.91 Å². The molecule has 1 aromatic rings. The second-order valence-corrected chi connectivity index (χ2v) is 5.79. The number of halogens is 1. The minimum atomic E-state index is 0.139. The fourth-order valence-electron chi connectivity index (χ4n) is 2.24. The lowest BCUT2D eigenvalue weighted by atomic mass is 9.99. The lowest BCUT2D eigenvalue weighted by Gasteiger charge is -2.15. The van der Waals surface area contributed by atoms with E-state index >= 15 is 0 Å². The van der Waals surface area contributed by atoms with Crippen LogP contribution in [-0.4, -0.2) is 12.5 Å². The summed E-state index contributed by atoms with van der Waals surface area (Å²) >= 11 is 5.93. The number of carbonyl (C=O) groups excluding carboxylic acids is 1. The molecule has 112 valence electrons. The van der Waals surface area contributed by atoms with Crippen molar-refractivity contribution in [1.29, 1.82) is 0 Å². The molecule has 1 rings (SSSR count). The molecule has 0 aliphatic heterocycles. The van der Waals surface area contributed by atoms with Crippen LogP contribution in [0.15, 0.2) is 24.3 Å². The molecule has 1 N–H and O–H groups in total. The van der Waals surface area contributed by atoms with Crippen molar-refractivity contribution in [3.8, 4) is 0 Å². The van der Waals surface area contributed by atoms with Crippen LogP contribution in [0, 0.1) is 5.92 Å². The van der Waals surface area contributed by atoms with E-state index in [1.165, 1.54) is 19.3 Å². The zero-order valence-electron chi connectivity index (χ0n) is 12.6. The zero-order chi connectivity index (χ0) is 14.8. The van der Waals surface area contributed by atoms with Gasteiger partial charge in [0.25, 0.3) is 0 Å². The average Bonchev–Trinajstić information content (AvgIpc) is 2.45. The first kappa shape index (κ1) is 17.0. The molecular weight excluding hydrogens is 270 g/mol. The maximum absolute atomic E-state index is 11.9. The van der Waals surface area contributed by atoms with Crippen molar-refractivity contribution in [2.45, 2.75) is 52.4 Å². The Morgan fingerprint density at radius 1 is 1.35 bits per heavy atom. The number of unbranched alkanes of at least 4 members (excludes halogenated alkanes) is 1. The van der Waals surface area contributed by atoms with E-state index in [9.17, 15) is 4.79 Å². The summed E-state index contributed by atoms with van der Waals surface area (Å²) in [6.45, 7) is 5.21. The fraction of sp³-hybridized carbons (Fsp3) is 0.588. The molecule has 2 nitrogen and oxygen atoms in total. The maximum Gasteiger partial charge on any atom is 0.220 e. The number of aryl methyl sites for hydroxylation is 1. The molecule has 0 bridgehead atoms. The maximum atomic E-state index is 11.9. The Morgan fingerprint density at radius 2 is 2.15 bits per heavy atom. The second-order valence-electron chi connectivity index (χ2n) is 5.35. The Hall–Kier alpha value is -1.02. The highest BCUT2D eigenvalue weighted by Gasteiger charge is 2.08. The summed E-state index contributed by atoms with van der Waals surface area (Å²) in [4.78, 5) is 11.9. The number of nitrogens with one attached hydrogen (secondary N) is 1. The molecule has 1 unspecified atom stereocenters. The van der Waals surface area contributed by atoms with Gasteiger partial charge in [0.05, 0.1) is 0 Å². The summed E-state index contributed by atoms with van der Waals surface area (Å²) < 4.78 is 0. The highest BCUT2D eigenvalue weighted by molar-refractivity contribution is 6.30. The van der Waals surface area contributed by atoms with Crippen molar-refractivity contribution >= 4 is 17.5 Å². The van der Waals surface area contributed by atoms with Crippen LogP contribution < -0.4 is 5.32 Å². The third-order valence-electron chi connectivity index (χ3n) is 3.66. The lowest BCUT2D eigenvalue weighted by Crippen LogP contribution is -2.29. The Bertz CT molecular complexity index is 406. The van der Waals surface area contributed by atoms with Crippen LogP contribution in [0.2, 0.25) is 5.02 Å². The third kappa shape index (κ3) is 6.95. The van der Waals surface area contributed by atoms with E-state index < -0.39 is 0 Å². The van der Waals surface area contributed by atoms with Crippen LogP contribution in [0.3, 0.4) is 0 Å². The van der Waals surface area contributed by atoms with Crippen molar-refractivity contribution in [2.24, 2.45) is 5.92 Å². The SMILES string of the molecule is CCCCC(CC)CNC(=O)CCc1cccc(Cl)c1. The highest BCUT2D eigenvalue weighted by Crippen LogP contribution is 2.13. The second kappa shape index (κ2) is 9.82. The monoisotopic (exact) mass is 295 g/mol. The molecule has 1 aromatic carbocycles. The molecule has 3 heteroatoms. The number of amides is 1. The first-order valence-electron chi connectivity index (χ1n) is 7.66. The van der Waals surface area contributed by atoms with Gasteiger partial charge in [-0.1, -0.05) is 56.8 Å². The van der Waals surface area contributed by atoms with E-state index in [0.29, 0.717) is 12.3 Å². The Labute approximate surface area is 127 Å². The van der Waals surface area contributed by atoms with Crippen molar-refractivity contribution in [2.75, 3.05) is 6.54 Å². The largest absolute Gasteiger partial charge is 0.356 e. The summed E-state index contributed by atoms with van der Waals surface area (Å²) in [5.74, 6) is 0.755. The molecule has 0 fully saturated rings. The first-order valence-corrected chi connectivity index (χ1v) is 8.04. The summed E-state index contributed by atoms with van der Waals surface area (Å²) in [6, 6.07) is 7.71. The molecule has 0 aliphatic rings. The molecule has 1 amide bonds. The van der Waals surface area contributed by atoms with E-state index in [4.69, 9.17) is 11.6 Å². The Balaban J connectivity index is 2.26. The van der Waals surface area contributed by atoms with Crippen molar-refractivity contribution in [1.82, 2.24) is 5.32 Å². The minimum Gasteiger partial charge on any atom is -0.356 e. The van der Waals surface area contributed by atoms with Gasteiger partial charge in [-0.3, -0.25) is 4.79 Å². The summed E-state index contributed by atoms with van der Waals surface area (Å²) in [5.41, 5.74) is 1.12. The topological polar surface area (TPSA) is 29.1 Å². The molecule has 0 saturated carbocycles. The summed E-state index contributed by atoms with van der Waals surface area (Å²) in [6.07, 6.45) is 6.09. The van der Waals surface area contributed by atoms with Crippen molar-refractivity contribution < 1.29 is 4.79 Å². The van der Waals surface area contributed by atoms with Gasteiger partial charge in [-0.25, -0.2) is 0 Å². The Kier molecular flexibility index (Phi) is 8.36. The molecular formula is C17H26ClNO. The van der Waals surface area contributed by atoms with Crippen LogP contribution in [-0.2, 0) is 11.2 Å². The molecule has 0 radical (unpaired) electrons. The van der Waals surface area contributed by atoms with Gasteiger partial charge in [0, 0.05) is 18.0 Å². The van der Waals surface area contributed by atoms with Gasteiger partial charge in [0.15, 0.2) is 0 Å². The number of hydrogen-bond acceptors (Lipinski definition) is 1. The minimum absolute atomic E-state index is 0.139. The van der Waals surface area contributed by atoms with Crippen LogP contribution in [0.5, 0.6) is 0 Å².